The molecule has 138 valence electrons. The second-order valence-electron chi connectivity index (χ2n) is 7.19. The summed E-state index contributed by atoms with van der Waals surface area (Å²) in [4.78, 5) is 16.6. The Balaban J connectivity index is 1.40. The minimum atomic E-state index is 0.0523. The molecule has 3 rings (SSSR count). The third-order valence-corrected chi connectivity index (χ3v) is 5.02. The van der Waals surface area contributed by atoms with Gasteiger partial charge in [0.05, 0.1) is 0 Å². The number of urea groups is 1. The third kappa shape index (κ3) is 4.78. The molecular formula is C22H29N3O. The van der Waals surface area contributed by atoms with E-state index in [0.717, 1.165) is 32.6 Å². The van der Waals surface area contributed by atoms with Gasteiger partial charge in [0.15, 0.2) is 0 Å². The van der Waals surface area contributed by atoms with Gasteiger partial charge in [-0.05, 0) is 35.6 Å². The zero-order chi connectivity index (χ0) is 18.4. The van der Waals surface area contributed by atoms with E-state index in [-0.39, 0.29) is 6.03 Å². The van der Waals surface area contributed by atoms with Gasteiger partial charge in [-0.3, -0.25) is 0 Å². The van der Waals surface area contributed by atoms with E-state index in [0.29, 0.717) is 12.5 Å². The first-order chi connectivity index (χ1) is 12.6. The summed E-state index contributed by atoms with van der Waals surface area (Å²) in [5.74, 6) is 0.554. The normalized spacial score (nSPS) is 14.6. The molecule has 0 radical (unpaired) electrons. The second-order valence-corrected chi connectivity index (χ2v) is 7.19. The summed E-state index contributed by atoms with van der Waals surface area (Å²) in [6.07, 6.45) is 0.869. The van der Waals surface area contributed by atoms with Crippen LogP contribution in [-0.4, -0.2) is 43.7 Å². The highest BCUT2D eigenvalue weighted by molar-refractivity contribution is 5.74. The van der Waals surface area contributed by atoms with Crippen molar-refractivity contribution in [2.24, 2.45) is 0 Å². The zero-order valence-electron chi connectivity index (χ0n) is 15.8. The Hall–Kier alpha value is -2.49. The Morgan fingerprint density at radius 3 is 2.23 bits per heavy atom. The molecule has 0 saturated carbocycles. The average molecular weight is 351 g/mol. The monoisotopic (exact) mass is 351 g/mol. The number of hydrogen-bond donors (Lipinski definition) is 1. The number of piperazine rings is 1. The summed E-state index contributed by atoms with van der Waals surface area (Å²) in [5.41, 5.74) is 3.86. The minimum Gasteiger partial charge on any atom is -0.368 e. The number of carbonyl (C=O) groups excluding carboxylic acids is 1. The van der Waals surface area contributed by atoms with Gasteiger partial charge in [-0.2, -0.15) is 0 Å². The number of rotatable bonds is 5. The maximum atomic E-state index is 12.4. The predicted molar refractivity (Wildman–Crippen MR) is 108 cm³/mol. The lowest BCUT2D eigenvalue weighted by Gasteiger charge is -2.36. The fourth-order valence-corrected chi connectivity index (χ4v) is 3.30. The van der Waals surface area contributed by atoms with Crippen LogP contribution < -0.4 is 10.2 Å². The van der Waals surface area contributed by atoms with E-state index in [4.69, 9.17) is 0 Å². The Labute approximate surface area is 156 Å². The average Bonchev–Trinajstić information content (AvgIpc) is 2.69. The lowest BCUT2D eigenvalue weighted by molar-refractivity contribution is 0.194. The molecule has 0 aliphatic carbocycles. The largest absolute Gasteiger partial charge is 0.368 e. The van der Waals surface area contributed by atoms with Gasteiger partial charge in [-0.25, -0.2) is 4.79 Å². The topological polar surface area (TPSA) is 35.6 Å². The molecule has 1 aliphatic heterocycles. The summed E-state index contributed by atoms with van der Waals surface area (Å²) < 4.78 is 0. The van der Waals surface area contributed by atoms with E-state index < -0.39 is 0 Å². The van der Waals surface area contributed by atoms with Gasteiger partial charge in [-0.15, -0.1) is 0 Å². The Morgan fingerprint density at radius 2 is 1.62 bits per heavy atom. The van der Waals surface area contributed by atoms with Crippen molar-refractivity contribution in [3.8, 4) is 0 Å². The number of benzene rings is 2. The molecule has 0 spiro atoms. The van der Waals surface area contributed by atoms with Gasteiger partial charge in [0, 0.05) is 38.4 Å². The molecule has 2 aromatic carbocycles. The Bertz CT molecular complexity index is 689. The molecule has 2 amide bonds. The number of hydrogen-bond acceptors (Lipinski definition) is 2. The van der Waals surface area contributed by atoms with E-state index in [2.05, 4.69) is 72.6 Å². The first-order valence-corrected chi connectivity index (χ1v) is 9.55. The van der Waals surface area contributed by atoms with Gasteiger partial charge in [-0.1, -0.05) is 56.3 Å². The zero-order valence-corrected chi connectivity index (χ0v) is 15.8. The number of para-hydroxylation sites is 1. The van der Waals surface area contributed by atoms with Gasteiger partial charge >= 0.3 is 6.03 Å². The molecule has 2 aromatic rings. The maximum Gasteiger partial charge on any atom is 0.317 e. The Morgan fingerprint density at radius 1 is 0.962 bits per heavy atom. The first kappa shape index (κ1) is 18.3. The van der Waals surface area contributed by atoms with Crippen molar-refractivity contribution < 1.29 is 4.79 Å². The molecule has 0 atom stereocenters. The van der Waals surface area contributed by atoms with Gasteiger partial charge in [0.25, 0.3) is 0 Å². The smallest absolute Gasteiger partial charge is 0.317 e. The fourth-order valence-electron chi connectivity index (χ4n) is 3.30. The van der Waals surface area contributed by atoms with Crippen LogP contribution in [-0.2, 0) is 6.42 Å². The number of nitrogens with one attached hydrogen (secondary N) is 1. The SMILES string of the molecule is CC(C)c1ccc(CCNC(=O)N2CCN(c3ccccc3)CC2)cc1. The molecule has 1 N–H and O–H groups in total. The molecule has 1 heterocycles. The fraction of sp³-hybridized carbons (Fsp3) is 0.409. The number of amides is 2. The van der Waals surface area contributed by atoms with E-state index in [1.807, 2.05) is 11.0 Å². The third-order valence-electron chi connectivity index (χ3n) is 5.02. The highest BCUT2D eigenvalue weighted by atomic mass is 16.2. The van der Waals surface area contributed by atoms with Crippen LogP contribution in [0.3, 0.4) is 0 Å². The molecule has 1 saturated heterocycles. The molecule has 26 heavy (non-hydrogen) atoms. The lowest BCUT2D eigenvalue weighted by Crippen LogP contribution is -2.52. The summed E-state index contributed by atoms with van der Waals surface area (Å²) in [6.45, 7) is 8.38. The highest BCUT2D eigenvalue weighted by Gasteiger charge is 2.20. The van der Waals surface area contributed by atoms with E-state index in [1.54, 1.807) is 0 Å². The van der Waals surface area contributed by atoms with Crippen LogP contribution in [0.25, 0.3) is 0 Å². The molecule has 1 fully saturated rings. The van der Waals surface area contributed by atoms with E-state index in [1.165, 1.54) is 16.8 Å². The minimum absolute atomic E-state index is 0.0523. The lowest BCUT2D eigenvalue weighted by atomic mass is 10.0. The number of nitrogens with zero attached hydrogens (tertiary/aromatic N) is 2. The standard InChI is InChI=1S/C22H29N3O/c1-18(2)20-10-8-19(9-11-20)12-13-23-22(26)25-16-14-24(15-17-25)21-6-4-3-5-7-21/h3-11,18H,12-17H2,1-2H3,(H,23,26). The van der Waals surface area contributed by atoms with Crippen LogP contribution in [0.15, 0.2) is 54.6 Å². The quantitative estimate of drug-likeness (QED) is 0.887. The van der Waals surface area contributed by atoms with Crippen molar-refractivity contribution in [3.63, 3.8) is 0 Å². The molecule has 0 aromatic heterocycles. The van der Waals surface area contributed by atoms with E-state index in [9.17, 15) is 4.79 Å². The molecule has 0 unspecified atom stereocenters. The van der Waals surface area contributed by atoms with Crippen molar-refractivity contribution in [1.82, 2.24) is 10.2 Å². The van der Waals surface area contributed by atoms with Crippen molar-refractivity contribution >= 4 is 11.7 Å². The molecule has 0 bridgehead atoms. The van der Waals surface area contributed by atoms with Gasteiger partial charge in [0.2, 0.25) is 0 Å². The van der Waals surface area contributed by atoms with Crippen molar-refractivity contribution in [3.05, 3.63) is 65.7 Å². The molecule has 4 heteroatoms. The molecule has 4 nitrogen and oxygen atoms in total. The van der Waals surface area contributed by atoms with E-state index >= 15 is 0 Å². The number of carbonyl (C=O) groups is 1. The van der Waals surface area contributed by atoms with Crippen LogP contribution in [0.1, 0.15) is 30.9 Å². The summed E-state index contributed by atoms with van der Waals surface area (Å²) in [6, 6.07) is 19.2. The number of anilines is 1. The van der Waals surface area contributed by atoms with Gasteiger partial charge in [0.1, 0.15) is 0 Å². The van der Waals surface area contributed by atoms with Crippen molar-refractivity contribution in [2.75, 3.05) is 37.6 Å². The highest BCUT2D eigenvalue weighted by Crippen LogP contribution is 2.16. The molecular weight excluding hydrogens is 322 g/mol. The maximum absolute atomic E-state index is 12.4. The molecule has 1 aliphatic rings. The van der Waals surface area contributed by atoms with Crippen LogP contribution in [0.4, 0.5) is 10.5 Å². The van der Waals surface area contributed by atoms with Crippen molar-refractivity contribution in [1.29, 1.82) is 0 Å². The van der Waals surface area contributed by atoms with Gasteiger partial charge < -0.3 is 15.1 Å². The van der Waals surface area contributed by atoms with Crippen LogP contribution >= 0.6 is 0 Å². The summed E-state index contributed by atoms with van der Waals surface area (Å²) in [7, 11) is 0. The van der Waals surface area contributed by atoms with Crippen LogP contribution in [0.5, 0.6) is 0 Å². The van der Waals surface area contributed by atoms with Crippen LogP contribution in [0, 0.1) is 0 Å². The Kier molecular flexibility index (Phi) is 6.16. The summed E-state index contributed by atoms with van der Waals surface area (Å²) in [5, 5.41) is 3.06. The van der Waals surface area contributed by atoms with Crippen molar-refractivity contribution in [2.45, 2.75) is 26.2 Å². The summed E-state index contributed by atoms with van der Waals surface area (Å²) >= 11 is 0. The second kappa shape index (κ2) is 8.75. The predicted octanol–water partition coefficient (Wildman–Crippen LogP) is 3.88. The van der Waals surface area contributed by atoms with Crippen LogP contribution in [0.2, 0.25) is 0 Å². The first-order valence-electron chi connectivity index (χ1n) is 9.55.